The fourth-order valence-electron chi connectivity index (χ4n) is 1.91. The van der Waals surface area contributed by atoms with Gasteiger partial charge in [-0.25, -0.2) is 4.79 Å². The average Bonchev–Trinajstić information content (AvgIpc) is 2.55. The highest BCUT2D eigenvalue weighted by Crippen LogP contribution is 2.37. The van der Waals surface area contributed by atoms with E-state index in [9.17, 15) is 9.90 Å². The third-order valence-electron chi connectivity index (χ3n) is 2.94. The second-order valence-corrected chi connectivity index (χ2v) is 6.82. The number of aromatic hydroxyl groups is 1. The molecular formula is C17H25N3O3S. The van der Waals surface area contributed by atoms with Crippen LogP contribution in [0.1, 0.15) is 20.8 Å². The number of carbonyl (C=O) groups excluding carboxylic acids is 1. The maximum absolute atomic E-state index is 11.5. The number of hydrogen-bond acceptors (Lipinski definition) is 5. The van der Waals surface area contributed by atoms with E-state index in [-0.39, 0.29) is 17.3 Å². The topological polar surface area (TPSA) is 93.6 Å². The molecule has 5 N–H and O–H groups in total. The second-order valence-electron chi connectivity index (χ2n) is 5.97. The first-order valence-electron chi connectivity index (χ1n) is 7.44. The Labute approximate surface area is 146 Å². The van der Waals surface area contributed by atoms with Crippen LogP contribution in [0, 0.1) is 0 Å². The van der Waals surface area contributed by atoms with Gasteiger partial charge in [0.25, 0.3) is 0 Å². The lowest BCUT2D eigenvalue weighted by atomic mass is 10.1. The molecule has 2 aromatic rings. The molecule has 0 atom stereocenters. The van der Waals surface area contributed by atoms with Gasteiger partial charge in [0.05, 0.1) is 10.6 Å². The molecular weight excluding hydrogens is 326 g/mol. The summed E-state index contributed by atoms with van der Waals surface area (Å²) < 4.78 is 3.28. The summed E-state index contributed by atoms with van der Waals surface area (Å²) in [6.07, 6.45) is 0. The number of fused-ring (bicyclic) bond motifs is 1. The summed E-state index contributed by atoms with van der Waals surface area (Å²) in [6.45, 7) is 6.18. The predicted molar refractivity (Wildman–Crippen MR) is 101 cm³/mol. The molecule has 6 nitrogen and oxygen atoms in total. The molecule has 0 aliphatic carbocycles. The number of benzene rings is 2. The van der Waals surface area contributed by atoms with Gasteiger partial charge in [-0.15, -0.1) is 0 Å². The van der Waals surface area contributed by atoms with Gasteiger partial charge in [-0.3, -0.25) is 4.72 Å². The first kappa shape index (κ1) is 20.1. The van der Waals surface area contributed by atoms with E-state index in [1.165, 1.54) is 11.9 Å². The zero-order chi connectivity index (χ0) is 18.3. The first-order valence-corrected chi connectivity index (χ1v) is 8.25. The molecule has 0 fully saturated rings. The maximum Gasteiger partial charge on any atom is 0.318 e. The molecule has 132 valence electrons. The third kappa shape index (κ3) is 5.30. The molecule has 0 spiro atoms. The molecule has 2 aromatic carbocycles. The van der Waals surface area contributed by atoms with Crippen molar-refractivity contribution in [2.75, 3.05) is 19.5 Å². The van der Waals surface area contributed by atoms with E-state index >= 15 is 0 Å². The van der Waals surface area contributed by atoms with Crippen molar-refractivity contribution in [3.05, 3.63) is 30.3 Å². The smallest absolute Gasteiger partial charge is 0.318 e. The number of anilines is 1. The highest BCUT2D eigenvalue weighted by molar-refractivity contribution is 7.97. The van der Waals surface area contributed by atoms with E-state index in [0.717, 1.165) is 17.4 Å². The lowest BCUT2D eigenvalue weighted by molar-refractivity contribution is 0.254. The molecule has 0 aliphatic rings. The van der Waals surface area contributed by atoms with Crippen LogP contribution >= 0.6 is 11.9 Å². The SMILES string of the molecule is CNC(=O)Nc1cccc2c(O)c(SNC(C)(C)C)ccc12.CO. The summed E-state index contributed by atoms with van der Waals surface area (Å²) in [5.41, 5.74) is 0.599. The minimum Gasteiger partial charge on any atom is -0.506 e. The number of amides is 2. The lowest BCUT2D eigenvalue weighted by Crippen LogP contribution is -2.29. The van der Waals surface area contributed by atoms with E-state index in [2.05, 4.69) is 36.1 Å². The number of nitrogens with one attached hydrogen (secondary N) is 3. The van der Waals surface area contributed by atoms with Crippen molar-refractivity contribution >= 4 is 34.4 Å². The fraction of sp³-hybridized carbons (Fsp3) is 0.353. The van der Waals surface area contributed by atoms with Gasteiger partial charge in [0.15, 0.2) is 0 Å². The van der Waals surface area contributed by atoms with Crippen LogP contribution in [0.15, 0.2) is 35.2 Å². The Morgan fingerprint density at radius 3 is 2.33 bits per heavy atom. The lowest BCUT2D eigenvalue weighted by Gasteiger charge is -2.20. The van der Waals surface area contributed by atoms with E-state index in [1.54, 1.807) is 19.2 Å². The summed E-state index contributed by atoms with van der Waals surface area (Å²) in [5, 5.41) is 24.2. The minimum atomic E-state index is -0.292. The zero-order valence-electron chi connectivity index (χ0n) is 14.6. The fourth-order valence-corrected chi connectivity index (χ4v) is 2.67. The summed E-state index contributed by atoms with van der Waals surface area (Å²) >= 11 is 1.39. The summed E-state index contributed by atoms with van der Waals surface area (Å²) in [6, 6.07) is 8.89. The molecule has 0 bridgehead atoms. The molecule has 0 aromatic heterocycles. The molecule has 24 heavy (non-hydrogen) atoms. The van der Waals surface area contributed by atoms with Gasteiger partial charge in [0, 0.05) is 30.5 Å². The van der Waals surface area contributed by atoms with Crippen molar-refractivity contribution in [2.24, 2.45) is 0 Å². The van der Waals surface area contributed by atoms with Crippen LogP contribution in [0.2, 0.25) is 0 Å². The zero-order valence-corrected chi connectivity index (χ0v) is 15.4. The van der Waals surface area contributed by atoms with E-state index < -0.39 is 0 Å². The van der Waals surface area contributed by atoms with E-state index in [1.807, 2.05) is 18.2 Å². The summed E-state index contributed by atoms with van der Waals surface area (Å²) in [4.78, 5) is 12.2. The van der Waals surface area contributed by atoms with Crippen LogP contribution in [-0.4, -0.2) is 35.9 Å². The molecule has 0 aliphatic heterocycles. The van der Waals surface area contributed by atoms with Crippen molar-refractivity contribution in [1.82, 2.24) is 10.0 Å². The van der Waals surface area contributed by atoms with Gasteiger partial charge in [-0.2, -0.15) is 0 Å². The second kappa shape index (κ2) is 8.77. The molecule has 0 heterocycles. The van der Waals surface area contributed by atoms with Crippen molar-refractivity contribution in [1.29, 1.82) is 0 Å². The highest BCUT2D eigenvalue weighted by atomic mass is 32.2. The van der Waals surface area contributed by atoms with Gasteiger partial charge in [0.1, 0.15) is 5.75 Å². The van der Waals surface area contributed by atoms with Crippen LogP contribution in [0.5, 0.6) is 5.75 Å². The molecule has 0 saturated carbocycles. The van der Waals surface area contributed by atoms with Gasteiger partial charge in [-0.1, -0.05) is 18.2 Å². The number of urea groups is 1. The normalized spacial score (nSPS) is 10.8. The average molecular weight is 351 g/mol. The molecule has 0 radical (unpaired) electrons. The Bertz CT molecular complexity index is 699. The number of aliphatic hydroxyl groups excluding tert-OH is 1. The van der Waals surface area contributed by atoms with Crippen molar-refractivity contribution < 1.29 is 15.0 Å². The number of phenols is 1. The Kier molecular flexibility index (Phi) is 7.34. The molecule has 2 amide bonds. The van der Waals surface area contributed by atoms with Crippen LogP contribution in [0.3, 0.4) is 0 Å². The van der Waals surface area contributed by atoms with Crippen LogP contribution < -0.4 is 15.4 Å². The molecule has 0 saturated heterocycles. The largest absolute Gasteiger partial charge is 0.506 e. The first-order chi connectivity index (χ1) is 11.3. The predicted octanol–water partition coefficient (Wildman–Crippen LogP) is 3.30. The third-order valence-corrected chi connectivity index (χ3v) is 4.20. The maximum atomic E-state index is 11.5. The van der Waals surface area contributed by atoms with Gasteiger partial charge in [-0.05, 0) is 44.9 Å². The summed E-state index contributed by atoms with van der Waals surface area (Å²) in [5.74, 6) is 0.208. The molecule has 0 unspecified atom stereocenters. The summed E-state index contributed by atoms with van der Waals surface area (Å²) in [7, 11) is 2.56. The number of carbonyl (C=O) groups is 1. The molecule has 7 heteroatoms. The quantitative estimate of drug-likeness (QED) is 0.547. The van der Waals surface area contributed by atoms with E-state index in [4.69, 9.17) is 5.11 Å². The van der Waals surface area contributed by atoms with Crippen LogP contribution in [0.4, 0.5) is 10.5 Å². The van der Waals surface area contributed by atoms with Crippen molar-refractivity contribution in [3.8, 4) is 5.75 Å². The minimum absolute atomic E-state index is 0.0608. The standard InChI is InChI=1S/C16H21N3O2S.CH4O/c1-16(2,3)19-22-13-9-8-10-11(14(13)20)6-5-7-12(10)18-15(21)17-4;1-2/h5-9,19-20H,1-4H3,(H2,17,18,21);2H,1H3. The number of phenolic OH excluding ortho intramolecular Hbond substituents is 1. The number of aliphatic hydroxyl groups is 1. The van der Waals surface area contributed by atoms with Gasteiger partial charge < -0.3 is 20.8 Å². The monoisotopic (exact) mass is 351 g/mol. The molecule has 2 rings (SSSR count). The van der Waals surface area contributed by atoms with Gasteiger partial charge >= 0.3 is 6.03 Å². The van der Waals surface area contributed by atoms with Crippen molar-refractivity contribution in [3.63, 3.8) is 0 Å². The Hall–Kier alpha value is -1.96. The van der Waals surface area contributed by atoms with Crippen LogP contribution in [-0.2, 0) is 0 Å². The van der Waals surface area contributed by atoms with Crippen LogP contribution in [0.25, 0.3) is 10.8 Å². The van der Waals surface area contributed by atoms with Crippen molar-refractivity contribution in [2.45, 2.75) is 31.2 Å². The Morgan fingerprint density at radius 1 is 1.08 bits per heavy atom. The number of rotatable bonds is 3. The Morgan fingerprint density at radius 2 is 1.75 bits per heavy atom. The Balaban J connectivity index is 0.00000139. The highest BCUT2D eigenvalue weighted by Gasteiger charge is 2.14. The van der Waals surface area contributed by atoms with Gasteiger partial charge in [0.2, 0.25) is 0 Å². The number of hydrogen-bond donors (Lipinski definition) is 5. The van der Waals surface area contributed by atoms with E-state index in [0.29, 0.717) is 11.1 Å².